The number of carbonyl (C=O) groups excluding carboxylic acids is 2. The Morgan fingerprint density at radius 1 is 1.11 bits per heavy atom. The Morgan fingerprint density at radius 2 is 1.76 bits per heavy atom. The van der Waals surface area contributed by atoms with Crippen molar-refractivity contribution in [2.45, 2.75) is 83.3 Å². The van der Waals surface area contributed by atoms with Gasteiger partial charge in [0.1, 0.15) is 6.61 Å². The Hall–Kier alpha value is -4.19. The molecule has 4 bridgehead atoms. The molecule has 2 heterocycles. The van der Waals surface area contributed by atoms with E-state index in [9.17, 15) is 18.0 Å². The highest BCUT2D eigenvalue weighted by Crippen LogP contribution is 2.43. The third-order valence-electron chi connectivity index (χ3n) is 8.96. The van der Waals surface area contributed by atoms with Gasteiger partial charge in [-0.1, -0.05) is 45.0 Å². The van der Waals surface area contributed by atoms with E-state index in [0.29, 0.717) is 25.0 Å². The molecule has 1 aromatic heterocycles. The number of aromatic nitrogens is 2. The molecule has 1 fully saturated rings. The van der Waals surface area contributed by atoms with Crippen molar-refractivity contribution in [3.8, 4) is 17.1 Å². The minimum Gasteiger partial charge on any atom is -0.475 e. The predicted molar refractivity (Wildman–Crippen MR) is 175 cm³/mol. The number of rotatable bonds is 4. The highest BCUT2D eigenvalue weighted by Gasteiger charge is 2.51. The van der Waals surface area contributed by atoms with Crippen molar-refractivity contribution >= 4 is 28.0 Å². The van der Waals surface area contributed by atoms with Crippen molar-refractivity contribution in [2.24, 2.45) is 5.41 Å². The van der Waals surface area contributed by atoms with E-state index in [1.807, 2.05) is 43.9 Å². The fourth-order valence-electron chi connectivity index (χ4n) is 6.55. The molecule has 1 saturated carbocycles. The molecule has 0 spiro atoms. The van der Waals surface area contributed by atoms with Crippen LogP contribution in [-0.2, 0) is 14.8 Å². The number of benzene rings is 2. The van der Waals surface area contributed by atoms with Crippen molar-refractivity contribution in [3.05, 3.63) is 65.2 Å². The molecule has 1 N–H and O–H groups in total. The molecule has 246 valence electrons. The fraction of sp³-hybridized carbons (Fsp3) is 0.471. The summed E-state index contributed by atoms with van der Waals surface area (Å²) in [6, 6.07) is 13.0. The first kappa shape index (κ1) is 33.2. The second-order valence-electron chi connectivity index (χ2n) is 13.8. The zero-order chi connectivity index (χ0) is 33.6. The molecule has 2 amide bonds. The number of hydrogen-bond donors (Lipinski definition) is 1. The van der Waals surface area contributed by atoms with Crippen LogP contribution in [0.3, 0.4) is 0 Å². The van der Waals surface area contributed by atoms with E-state index in [4.69, 9.17) is 9.47 Å². The van der Waals surface area contributed by atoms with E-state index in [-0.39, 0.29) is 46.3 Å². The van der Waals surface area contributed by atoms with E-state index >= 15 is 0 Å². The highest BCUT2D eigenvalue weighted by molar-refractivity contribution is 7.92. The maximum atomic E-state index is 14.4. The average Bonchev–Trinajstić information content (AvgIpc) is 2.96. The maximum Gasteiger partial charge on any atom is 0.409 e. The number of methoxy groups -OCH3 is 1. The first-order valence-electron chi connectivity index (χ1n) is 15.4. The molecule has 1 atom stereocenters. The summed E-state index contributed by atoms with van der Waals surface area (Å²) in [5.41, 5.74) is 2.83. The van der Waals surface area contributed by atoms with Crippen LogP contribution in [-0.4, -0.2) is 78.6 Å². The third-order valence-corrected chi connectivity index (χ3v) is 10.3. The zero-order valence-corrected chi connectivity index (χ0v) is 28.6. The predicted octanol–water partition coefficient (Wildman–Crippen LogP) is 5.82. The summed E-state index contributed by atoms with van der Waals surface area (Å²) in [6.07, 6.45) is 1.17. The van der Waals surface area contributed by atoms with Crippen molar-refractivity contribution in [2.75, 3.05) is 25.5 Å². The standard InChI is InChI=1S/C34H43N5O6S/c1-21-11-9-12-22(2)29(21)27-16-28-36-31(35-27)37-46(42,43)26-14-10-13-23(15-26)30(40)39(25(20-45-28)17-33(3,4)5)24-18-34(6,19-24)38(7)32(41)44-8/h9-16,24-25H,17-20H2,1-8H3,(H,35,36,37)/t24?,25-,34?/m1/s1. The van der Waals surface area contributed by atoms with Gasteiger partial charge < -0.3 is 19.3 Å². The summed E-state index contributed by atoms with van der Waals surface area (Å²) in [4.78, 5) is 39.2. The van der Waals surface area contributed by atoms with E-state index in [0.717, 1.165) is 16.7 Å². The number of fused-ring (bicyclic) bond motifs is 4. The number of aryl methyl sites for hydroxylation is 2. The summed E-state index contributed by atoms with van der Waals surface area (Å²) in [6.45, 7) is 12.3. The van der Waals surface area contributed by atoms with Crippen LogP contribution in [0.1, 0.15) is 68.4 Å². The number of nitrogens with one attached hydrogen (secondary N) is 1. The minimum absolute atomic E-state index is 0.0858. The molecule has 1 aliphatic carbocycles. The van der Waals surface area contributed by atoms with Crippen molar-refractivity contribution < 1.29 is 27.5 Å². The van der Waals surface area contributed by atoms with Gasteiger partial charge in [-0.25, -0.2) is 22.9 Å². The maximum absolute atomic E-state index is 14.4. The van der Waals surface area contributed by atoms with Crippen molar-refractivity contribution in [1.29, 1.82) is 0 Å². The Kier molecular flexibility index (Phi) is 8.80. The molecule has 12 heteroatoms. The molecule has 11 nitrogen and oxygen atoms in total. The molecule has 2 aromatic carbocycles. The Balaban J connectivity index is 1.64. The topological polar surface area (TPSA) is 131 Å². The molecule has 46 heavy (non-hydrogen) atoms. The summed E-state index contributed by atoms with van der Waals surface area (Å²) in [5.74, 6) is -0.251. The molecule has 0 radical (unpaired) electrons. The monoisotopic (exact) mass is 649 g/mol. The molecule has 2 aliphatic rings. The molecular weight excluding hydrogens is 606 g/mol. The number of anilines is 1. The lowest BCUT2D eigenvalue weighted by Crippen LogP contribution is -2.65. The summed E-state index contributed by atoms with van der Waals surface area (Å²) in [5, 5.41) is 0. The van der Waals surface area contributed by atoms with Crippen LogP contribution >= 0.6 is 0 Å². The van der Waals surface area contributed by atoms with Crippen LogP contribution in [0.2, 0.25) is 0 Å². The molecular formula is C34H43N5O6S. The normalized spacial score (nSPS) is 22.6. The van der Waals surface area contributed by atoms with Crippen molar-refractivity contribution in [1.82, 2.24) is 19.8 Å². The molecule has 5 rings (SSSR count). The van der Waals surface area contributed by atoms with Crippen LogP contribution in [0.25, 0.3) is 11.3 Å². The highest BCUT2D eigenvalue weighted by atomic mass is 32.2. The zero-order valence-electron chi connectivity index (χ0n) is 27.7. The molecule has 1 aliphatic heterocycles. The van der Waals surface area contributed by atoms with E-state index in [1.54, 1.807) is 30.1 Å². The van der Waals surface area contributed by atoms with Gasteiger partial charge >= 0.3 is 6.09 Å². The van der Waals surface area contributed by atoms with Crippen LogP contribution in [0.15, 0.2) is 53.4 Å². The van der Waals surface area contributed by atoms with E-state index in [2.05, 4.69) is 35.5 Å². The Morgan fingerprint density at radius 3 is 2.39 bits per heavy atom. The van der Waals surface area contributed by atoms with Gasteiger partial charge in [-0.05, 0) is 74.8 Å². The van der Waals surface area contributed by atoms with Crippen LogP contribution < -0.4 is 9.46 Å². The lowest BCUT2D eigenvalue weighted by atomic mass is 9.71. The van der Waals surface area contributed by atoms with Gasteiger partial charge in [-0.3, -0.25) is 4.79 Å². The van der Waals surface area contributed by atoms with Crippen LogP contribution in [0, 0.1) is 19.3 Å². The number of hydrogen-bond acceptors (Lipinski definition) is 8. The third kappa shape index (κ3) is 6.67. The van der Waals surface area contributed by atoms with Gasteiger partial charge in [0.15, 0.2) is 0 Å². The summed E-state index contributed by atoms with van der Waals surface area (Å²) < 4.78 is 41.1. The number of amides is 2. The largest absolute Gasteiger partial charge is 0.475 e. The molecule has 0 unspecified atom stereocenters. The Labute approximate surface area is 271 Å². The average molecular weight is 650 g/mol. The second-order valence-corrected chi connectivity index (χ2v) is 15.5. The first-order valence-corrected chi connectivity index (χ1v) is 16.9. The van der Waals surface area contributed by atoms with Gasteiger partial charge in [0.25, 0.3) is 15.9 Å². The first-order chi connectivity index (χ1) is 21.5. The van der Waals surface area contributed by atoms with Gasteiger partial charge in [0.2, 0.25) is 11.8 Å². The van der Waals surface area contributed by atoms with Gasteiger partial charge in [0, 0.05) is 35.8 Å². The molecule has 0 saturated heterocycles. The lowest BCUT2D eigenvalue weighted by molar-refractivity contribution is -0.0370. The SMILES string of the molecule is COC(=O)N(C)C1(C)CC(N2C(=O)c3cccc(c3)S(=O)(=O)Nc3nc(cc(-c4c(C)cccc4C)n3)OC[C@H]2CC(C)(C)C)C1. The smallest absolute Gasteiger partial charge is 0.409 e. The fourth-order valence-corrected chi connectivity index (χ4v) is 7.54. The lowest BCUT2D eigenvalue weighted by Gasteiger charge is -2.55. The number of ether oxygens (including phenoxy) is 2. The molecule has 3 aromatic rings. The number of nitrogens with zero attached hydrogens (tertiary/aromatic N) is 4. The summed E-state index contributed by atoms with van der Waals surface area (Å²) in [7, 11) is -1.13. The second kappa shape index (κ2) is 12.2. The minimum atomic E-state index is -4.17. The summed E-state index contributed by atoms with van der Waals surface area (Å²) >= 11 is 0. The quantitative estimate of drug-likeness (QED) is 0.374. The van der Waals surface area contributed by atoms with E-state index in [1.165, 1.54) is 19.2 Å². The van der Waals surface area contributed by atoms with Crippen molar-refractivity contribution in [3.63, 3.8) is 0 Å². The number of sulfonamides is 1. The van der Waals surface area contributed by atoms with Gasteiger partial charge in [-0.15, -0.1) is 0 Å². The van der Waals surface area contributed by atoms with Crippen LogP contribution in [0.5, 0.6) is 5.88 Å². The van der Waals surface area contributed by atoms with Crippen LogP contribution in [0.4, 0.5) is 10.7 Å². The van der Waals surface area contributed by atoms with Gasteiger partial charge in [-0.2, -0.15) is 4.98 Å². The number of carbonyl (C=O) groups is 2. The Bertz CT molecular complexity index is 1740. The van der Waals surface area contributed by atoms with Gasteiger partial charge in [0.05, 0.1) is 23.7 Å². The van der Waals surface area contributed by atoms with E-state index < -0.39 is 27.7 Å².